The van der Waals surface area contributed by atoms with E-state index in [0.29, 0.717) is 6.42 Å². The smallest absolute Gasteiger partial charge is 0.251 e. The average molecular weight is 228 g/mol. The molecule has 1 N–H and O–H groups in total. The third-order valence-corrected chi connectivity index (χ3v) is 2.57. The van der Waals surface area contributed by atoms with Gasteiger partial charge in [0.05, 0.1) is 0 Å². The van der Waals surface area contributed by atoms with Crippen LogP contribution >= 0.6 is 0 Å². The first-order valence-corrected chi connectivity index (χ1v) is 5.67. The van der Waals surface area contributed by atoms with Gasteiger partial charge < -0.3 is 4.98 Å². The number of aryl methyl sites for hydroxylation is 3. The Bertz CT molecular complexity index is 579. The minimum atomic E-state index is -0.0862. The number of nitrogens with one attached hydrogen (secondary N) is 1. The van der Waals surface area contributed by atoms with Gasteiger partial charge >= 0.3 is 0 Å². The van der Waals surface area contributed by atoms with Crippen LogP contribution in [0.4, 0.5) is 0 Å². The summed E-state index contributed by atoms with van der Waals surface area (Å²) >= 11 is 0. The molecule has 3 heteroatoms. The van der Waals surface area contributed by atoms with Crippen LogP contribution in [0.15, 0.2) is 29.1 Å². The quantitative estimate of drug-likeness (QED) is 0.857. The minimum Gasteiger partial charge on any atom is -0.310 e. The lowest BCUT2D eigenvalue weighted by Gasteiger charge is -2.05. The molecule has 1 aromatic heterocycles. The molecule has 0 aliphatic heterocycles. The predicted octanol–water partition coefficient (Wildman–Crippen LogP) is 2.29. The first-order chi connectivity index (χ1) is 8.02. The Morgan fingerprint density at radius 2 is 1.71 bits per heavy atom. The van der Waals surface area contributed by atoms with Crippen LogP contribution in [0.25, 0.3) is 0 Å². The van der Waals surface area contributed by atoms with E-state index in [-0.39, 0.29) is 5.56 Å². The summed E-state index contributed by atoms with van der Waals surface area (Å²) in [6.45, 7) is 5.98. The van der Waals surface area contributed by atoms with Crippen LogP contribution in [0.5, 0.6) is 0 Å². The zero-order chi connectivity index (χ0) is 12.4. The number of H-pyrrole nitrogens is 1. The van der Waals surface area contributed by atoms with Gasteiger partial charge in [-0.05, 0) is 26.3 Å². The Hall–Kier alpha value is -1.90. The second-order valence-electron chi connectivity index (χ2n) is 4.51. The number of benzene rings is 1. The first-order valence-electron chi connectivity index (χ1n) is 5.67. The highest BCUT2D eigenvalue weighted by Gasteiger charge is 2.02. The molecule has 0 saturated heterocycles. The van der Waals surface area contributed by atoms with Gasteiger partial charge in [0.1, 0.15) is 5.82 Å². The highest BCUT2D eigenvalue weighted by Crippen LogP contribution is 2.11. The third-order valence-electron chi connectivity index (χ3n) is 2.57. The molecule has 0 aliphatic carbocycles. The van der Waals surface area contributed by atoms with Crippen LogP contribution in [0, 0.1) is 20.8 Å². The van der Waals surface area contributed by atoms with E-state index < -0.39 is 0 Å². The van der Waals surface area contributed by atoms with Crippen molar-refractivity contribution < 1.29 is 0 Å². The van der Waals surface area contributed by atoms with Gasteiger partial charge in [-0.1, -0.05) is 29.3 Å². The van der Waals surface area contributed by atoms with Crippen molar-refractivity contribution in [3.63, 3.8) is 0 Å². The van der Waals surface area contributed by atoms with Gasteiger partial charge in [-0.25, -0.2) is 4.98 Å². The van der Waals surface area contributed by atoms with Gasteiger partial charge in [0, 0.05) is 18.2 Å². The Morgan fingerprint density at radius 1 is 1.06 bits per heavy atom. The Balaban J connectivity index is 2.34. The number of hydrogen-bond donors (Lipinski definition) is 1. The maximum absolute atomic E-state index is 11.3. The van der Waals surface area contributed by atoms with Crippen LogP contribution < -0.4 is 5.56 Å². The van der Waals surface area contributed by atoms with Crippen molar-refractivity contribution in [2.45, 2.75) is 27.2 Å². The van der Waals surface area contributed by atoms with Gasteiger partial charge in [0.25, 0.3) is 5.56 Å². The van der Waals surface area contributed by atoms with E-state index >= 15 is 0 Å². The molecule has 0 amide bonds. The van der Waals surface area contributed by atoms with Gasteiger partial charge in [-0.3, -0.25) is 4.79 Å². The summed E-state index contributed by atoms with van der Waals surface area (Å²) < 4.78 is 0. The molecule has 1 aromatic carbocycles. The summed E-state index contributed by atoms with van der Waals surface area (Å²) in [5.41, 5.74) is 4.31. The second kappa shape index (κ2) is 4.53. The van der Waals surface area contributed by atoms with Gasteiger partial charge in [0.2, 0.25) is 0 Å². The maximum Gasteiger partial charge on any atom is 0.251 e. The predicted molar refractivity (Wildman–Crippen MR) is 68.3 cm³/mol. The Labute approximate surface area is 101 Å². The normalized spacial score (nSPS) is 10.5. The fourth-order valence-corrected chi connectivity index (χ4v) is 2.09. The van der Waals surface area contributed by atoms with Crippen LogP contribution in [0.1, 0.15) is 28.2 Å². The molecule has 2 rings (SSSR count). The molecule has 1 heterocycles. The molecule has 3 nitrogen and oxygen atoms in total. The lowest BCUT2D eigenvalue weighted by molar-refractivity contribution is 0.919. The van der Waals surface area contributed by atoms with E-state index in [1.165, 1.54) is 22.8 Å². The summed E-state index contributed by atoms with van der Waals surface area (Å²) in [5, 5.41) is 0. The van der Waals surface area contributed by atoms with Crippen molar-refractivity contribution in [1.82, 2.24) is 9.97 Å². The summed E-state index contributed by atoms with van der Waals surface area (Å²) in [7, 11) is 0. The number of aromatic amines is 1. The summed E-state index contributed by atoms with van der Waals surface area (Å²) in [4.78, 5) is 18.4. The number of nitrogens with zero attached hydrogens (tertiary/aromatic N) is 1. The number of rotatable bonds is 2. The molecule has 0 atom stereocenters. The lowest BCUT2D eigenvalue weighted by atomic mass is 10.0. The molecule has 17 heavy (non-hydrogen) atoms. The Kier molecular flexibility index (Phi) is 3.09. The summed E-state index contributed by atoms with van der Waals surface area (Å²) in [6.07, 6.45) is 0.666. The van der Waals surface area contributed by atoms with Crippen LogP contribution in [0.3, 0.4) is 0 Å². The highest BCUT2D eigenvalue weighted by atomic mass is 16.1. The second-order valence-corrected chi connectivity index (χ2v) is 4.51. The summed E-state index contributed by atoms with van der Waals surface area (Å²) in [6, 6.07) is 7.88. The van der Waals surface area contributed by atoms with Crippen LogP contribution in [-0.2, 0) is 6.42 Å². The summed E-state index contributed by atoms with van der Waals surface area (Å²) in [5.74, 6) is 0.722. The molecular weight excluding hydrogens is 212 g/mol. The van der Waals surface area contributed by atoms with E-state index in [2.05, 4.69) is 42.0 Å². The molecule has 0 saturated carbocycles. The molecule has 88 valence electrons. The molecule has 0 fully saturated rings. The molecule has 0 aliphatic rings. The van der Waals surface area contributed by atoms with Gasteiger partial charge in [-0.2, -0.15) is 0 Å². The molecule has 2 aromatic rings. The molecule has 0 radical (unpaired) electrons. The van der Waals surface area contributed by atoms with E-state index in [4.69, 9.17) is 0 Å². The van der Waals surface area contributed by atoms with E-state index in [1.807, 2.05) is 6.92 Å². The lowest BCUT2D eigenvalue weighted by Crippen LogP contribution is -2.11. The number of hydrogen-bond acceptors (Lipinski definition) is 2. The first kappa shape index (κ1) is 11.6. The van der Waals surface area contributed by atoms with Crippen molar-refractivity contribution in [1.29, 1.82) is 0 Å². The SMILES string of the molecule is Cc1cc(C)cc(Cc2nc(C)cc(=O)[nH]2)c1. The van der Waals surface area contributed by atoms with E-state index in [0.717, 1.165) is 11.5 Å². The van der Waals surface area contributed by atoms with Gasteiger partial charge in [-0.15, -0.1) is 0 Å². The Morgan fingerprint density at radius 3 is 2.29 bits per heavy atom. The topological polar surface area (TPSA) is 45.8 Å². The zero-order valence-electron chi connectivity index (χ0n) is 10.4. The van der Waals surface area contributed by atoms with Crippen molar-refractivity contribution >= 4 is 0 Å². The highest BCUT2D eigenvalue weighted by molar-refractivity contribution is 5.30. The molecule has 0 spiro atoms. The van der Waals surface area contributed by atoms with Crippen molar-refractivity contribution in [3.05, 3.63) is 62.8 Å². The molecule has 0 bridgehead atoms. The fourth-order valence-electron chi connectivity index (χ4n) is 2.09. The molecule has 0 unspecified atom stereocenters. The fraction of sp³-hybridized carbons (Fsp3) is 0.286. The van der Waals surface area contributed by atoms with E-state index in [9.17, 15) is 4.79 Å². The van der Waals surface area contributed by atoms with Crippen molar-refractivity contribution in [2.75, 3.05) is 0 Å². The maximum atomic E-state index is 11.3. The average Bonchev–Trinajstić information content (AvgIpc) is 2.13. The number of aromatic nitrogens is 2. The third kappa shape index (κ3) is 3.03. The van der Waals surface area contributed by atoms with E-state index in [1.54, 1.807) is 0 Å². The largest absolute Gasteiger partial charge is 0.310 e. The van der Waals surface area contributed by atoms with Crippen LogP contribution in [-0.4, -0.2) is 9.97 Å². The van der Waals surface area contributed by atoms with Gasteiger partial charge in [0.15, 0.2) is 0 Å². The monoisotopic (exact) mass is 228 g/mol. The van der Waals surface area contributed by atoms with Crippen molar-refractivity contribution in [3.8, 4) is 0 Å². The zero-order valence-corrected chi connectivity index (χ0v) is 10.4. The van der Waals surface area contributed by atoms with Crippen LogP contribution in [0.2, 0.25) is 0 Å². The molecular formula is C14H16N2O. The van der Waals surface area contributed by atoms with Crippen molar-refractivity contribution in [2.24, 2.45) is 0 Å². The standard InChI is InChI=1S/C14H16N2O/c1-9-4-10(2)6-12(5-9)8-13-15-11(3)7-14(17)16-13/h4-7H,8H2,1-3H3,(H,15,16,17). The minimum absolute atomic E-state index is 0.0862.